The Hall–Kier alpha value is -4.77. The lowest BCUT2D eigenvalue weighted by Crippen LogP contribution is -2.47. The van der Waals surface area contributed by atoms with E-state index in [0.29, 0.717) is 3.71 Å². The van der Waals surface area contributed by atoms with Gasteiger partial charge in [-0.25, -0.2) is 21.6 Å². The van der Waals surface area contributed by atoms with Gasteiger partial charge in [0, 0.05) is 12.0 Å². The average Bonchev–Trinajstić information content (AvgIpc) is 3.52. The highest BCUT2D eigenvalue weighted by Gasteiger charge is 2.51. The number of ether oxygens (including phenoxy) is 1. The number of nitrogens with zero attached hydrogens (tertiary/aromatic N) is 2. The first kappa shape index (κ1) is 32.2. The van der Waals surface area contributed by atoms with Crippen molar-refractivity contribution in [3.8, 4) is 0 Å². The summed E-state index contributed by atoms with van der Waals surface area (Å²) >= 11 is 0. The maximum absolute atomic E-state index is 14.2. The lowest BCUT2D eigenvalue weighted by molar-refractivity contribution is 0.0899. The van der Waals surface area contributed by atoms with Crippen molar-refractivity contribution in [2.24, 2.45) is 0 Å². The third kappa shape index (κ3) is 6.58. The van der Waals surface area contributed by atoms with Crippen LogP contribution >= 0.6 is 0 Å². The van der Waals surface area contributed by atoms with Crippen molar-refractivity contribution in [3.05, 3.63) is 168 Å². The summed E-state index contributed by atoms with van der Waals surface area (Å²) < 4.78 is 63.3. The third-order valence-corrected chi connectivity index (χ3v) is 12.8. The molecule has 1 unspecified atom stereocenters. The molecule has 1 saturated heterocycles. The standard InChI is InChI=1S/C37H34N2O6S2/c40-36(45-28-30-16-6-1-7-17-30)38-29-37(31-18-8-2-9-19-31,32-20-10-3-11-21-32)26-33(38)27-39(46(41,42)34-22-12-4-13-23-34)47(43,44)35-24-14-5-15-25-35/h1-25,33H,26-29H2. The van der Waals surface area contributed by atoms with Crippen LogP contribution in [0.5, 0.6) is 0 Å². The molecular weight excluding hydrogens is 633 g/mol. The molecule has 0 aliphatic carbocycles. The van der Waals surface area contributed by atoms with Gasteiger partial charge >= 0.3 is 6.09 Å². The maximum Gasteiger partial charge on any atom is 0.410 e. The number of carbonyl (C=O) groups is 1. The number of sulfonamides is 2. The van der Waals surface area contributed by atoms with E-state index in [4.69, 9.17) is 4.74 Å². The second kappa shape index (κ2) is 13.5. The number of rotatable bonds is 10. The Labute approximate surface area is 276 Å². The SMILES string of the molecule is O=C(OCc1ccccc1)N1CC(c2ccccc2)(c2ccccc2)CC1CN(S(=O)(=O)c1ccccc1)S(=O)(=O)c1ccccc1. The van der Waals surface area contributed by atoms with Gasteiger partial charge in [0.2, 0.25) is 0 Å². The van der Waals surface area contributed by atoms with Gasteiger partial charge < -0.3 is 9.64 Å². The van der Waals surface area contributed by atoms with Crippen molar-refractivity contribution in [2.75, 3.05) is 13.1 Å². The van der Waals surface area contributed by atoms with E-state index in [-0.39, 0.29) is 29.4 Å². The Balaban J connectivity index is 1.46. The van der Waals surface area contributed by atoms with E-state index in [2.05, 4.69) is 0 Å². The molecule has 5 aromatic carbocycles. The molecule has 1 atom stereocenters. The summed E-state index contributed by atoms with van der Waals surface area (Å²) in [4.78, 5) is 15.1. The Morgan fingerprint density at radius 3 is 1.49 bits per heavy atom. The first-order valence-corrected chi connectivity index (χ1v) is 18.1. The molecule has 10 heteroatoms. The van der Waals surface area contributed by atoms with Crippen LogP contribution in [0.4, 0.5) is 4.79 Å². The van der Waals surface area contributed by atoms with Gasteiger partial charge in [-0.2, -0.15) is 0 Å². The van der Waals surface area contributed by atoms with Gasteiger partial charge in [0.05, 0.1) is 22.4 Å². The quantitative estimate of drug-likeness (QED) is 0.170. The largest absolute Gasteiger partial charge is 0.445 e. The van der Waals surface area contributed by atoms with Crippen molar-refractivity contribution in [1.82, 2.24) is 8.61 Å². The van der Waals surface area contributed by atoms with Crippen LogP contribution in [0.1, 0.15) is 23.1 Å². The van der Waals surface area contributed by atoms with E-state index in [1.165, 1.54) is 29.2 Å². The minimum absolute atomic E-state index is 0.000902. The van der Waals surface area contributed by atoms with Gasteiger partial charge in [-0.1, -0.05) is 131 Å². The van der Waals surface area contributed by atoms with Gasteiger partial charge in [0.1, 0.15) is 6.61 Å². The predicted molar refractivity (Wildman–Crippen MR) is 179 cm³/mol. The zero-order valence-corrected chi connectivity index (χ0v) is 27.1. The zero-order chi connectivity index (χ0) is 32.9. The van der Waals surface area contributed by atoms with E-state index >= 15 is 0 Å². The second-order valence-corrected chi connectivity index (χ2v) is 15.4. The molecule has 5 aromatic rings. The molecule has 1 aliphatic rings. The van der Waals surface area contributed by atoms with E-state index in [9.17, 15) is 21.6 Å². The monoisotopic (exact) mass is 666 g/mol. The van der Waals surface area contributed by atoms with Crippen LogP contribution < -0.4 is 0 Å². The fourth-order valence-corrected chi connectivity index (χ4v) is 9.95. The number of amides is 1. The molecule has 1 heterocycles. The van der Waals surface area contributed by atoms with Gasteiger partial charge in [-0.05, 0) is 47.4 Å². The highest BCUT2D eigenvalue weighted by atomic mass is 32.3. The van der Waals surface area contributed by atoms with Gasteiger partial charge in [0.25, 0.3) is 20.0 Å². The lowest BCUT2D eigenvalue weighted by atomic mass is 9.73. The van der Waals surface area contributed by atoms with Crippen molar-refractivity contribution in [2.45, 2.75) is 34.3 Å². The highest BCUT2D eigenvalue weighted by molar-refractivity contribution is 8.04. The fraction of sp³-hybridized carbons (Fsp3) is 0.162. The average molecular weight is 667 g/mol. The number of likely N-dealkylation sites (tertiary alicyclic amines) is 1. The summed E-state index contributed by atoms with van der Waals surface area (Å²) in [6.07, 6.45) is -0.422. The summed E-state index contributed by atoms with van der Waals surface area (Å²) in [6, 6.07) is 42.6. The van der Waals surface area contributed by atoms with Crippen LogP contribution in [0.15, 0.2) is 161 Å². The van der Waals surface area contributed by atoms with Crippen LogP contribution in [-0.4, -0.2) is 50.7 Å². The van der Waals surface area contributed by atoms with Crippen molar-refractivity contribution in [3.63, 3.8) is 0 Å². The molecule has 0 N–H and O–H groups in total. The summed E-state index contributed by atoms with van der Waals surface area (Å²) in [6.45, 7) is -0.374. The van der Waals surface area contributed by atoms with E-state index in [0.717, 1.165) is 16.7 Å². The van der Waals surface area contributed by atoms with Crippen LogP contribution in [0.25, 0.3) is 0 Å². The minimum atomic E-state index is -4.60. The molecule has 6 rings (SSSR count). The zero-order valence-electron chi connectivity index (χ0n) is 25.5. The number of hydrogen-bond acceptors (Lipinski definition) is 6. The molecule has 1 fully saturated rings. The van der Waals surface area contributed by atoms with Crippen LogP contribution in [0, 0.1) is 0 Å². The van der Waals surface area contributed by atoms with Crippen molar-refractivity contribution < 1.29 is 26.4 Å². The normalized spacial score (nSPS) is 16.2. The summed E-state index contributed by atoms with van der Waals surface area (Å²) in [5.41, 5.74) is 1.84. The highest BCUT2D eigenvalue weighted by Crippen LogP contribution is 2.45. The van der Waals surface area contributed by atoms with Crippen LogP contribution in [0.3, 0.4) is 0 Å². The Kier molecular flexibility index (Phi) is 9.26. The third-order valence-electron chi connectivity index (χ3n) is 8.54. The second-order valence-electron chi connectivity index (χ2n) is 11.4. The fourth-order valence-electron chi connectivity index (χ4n) is 6.19. The molecular formula is C37H34N2O6S2. The Bertz CT molecular complexity index is 1900. The van der Waals surface area contributed by atoms with E-state index in [1.54, 1.807) is 36.4 Å². The minimum Gasteiger partial charge on any atom is -0.445 e. The Morgan fingerprint density at radius 1 is 0.638 bits per heavy atom. The molecule has 0 aromatic heterocycles. The summed E-state index contributed by atoms with van der Waals surface area (Å²) in [5.74, 6) is 0. The van der Waals surface area contributed by atoms with Crippen LogP contribution in [-0.2, 0) is 36.8 Å². The summed E-state index contributed by atoms with van der Waals surface area (Å²) in [5, 5.41) is 0. The number of hydrogen-bond donors (Lipinski definition) is 0. The smallest absolute Gasteiger partial charge is 0.410 e. The van der Waals surface area contributed by atoms with Gasteiger partial charge in [-0.15, -0.1) is 0 Å². The molecule has 0 radical (unpaired) electrons. The van der Waals surface area contributed by atoms with Crippen molar-refractivity contribution >= 4 is 26.1 Å². The molecule has 0 bridgehead atoms. The molecule has 1 aliphatic heterocycles. The number of carbonyl (C=O) groups excluding carboxylic acids is 1. The molecule has 0 saturated carbocycles. The number of benzene rings is 5. The summed E-state index contributed by atoms with van der Waals surface area (Å²) in [7, 11) is -9.20. The van der Waals surface area contributed by atoms with E-state index in [1.807, 2.05) is 91.0 Å². The van der Waals surface area contributed by atoms with Gasteiger partial charge in [-0.3, -0.25) is 0 Å². The van der Waals surface area contributed by atoms with Crippen LogP contribution in [0.2, 0.25) is 0 Å². The Morgan fingerprint density at radius 2 is 1.04 bits per heavy atom. The molecule has 240 valence electrons. The molecule has 0 spiro atoms. The maximum atomic E-state index is 14.2. The topological polar surface area (TPSA) is 101 Å². The molecule has 1 amide bonds. The van der Waals surface area contributed by atoms with Gasteiger partial charge in [0.15, 0.2) is 0 Å². The van der Waals surface area contributed by atoms with E-state index < -0.39 is 44.1 Å². The molecule has 8 nitrogen and oxygen atoms in total. The first-order valence-electron chi connectivity index (χ1n) is 15.2. The van der Waals surface area contributed by atoms with Crippen molar-refractivity contribution in [1.29, 1.82) is 0 Å². The first-order chi connectivity index (χ1) is 22.7. The molecule has 47 heavy (non-hydrogen) atoms. The predicted octanol–water partition coefficient (Wildman–Crippen LogP) is 6.46. The lowest BCUT2D eigenvalue weighted by Gasteiger charge is -2.30.